The van der Waals surface area contributed by atoms with Gasteiger partial charge in [0.05, 0.1) is 16.7 Å². The number of nitro groups is 1. The number of nitro benzene ring substituents is 1. The molecule has 0 radical (unpaired) electrons. The highest BCUT2D eigenvalue weighted by molar-refractivity contribution is 8.03. The van der Waals surface area contributed by atoms with Gasteiger partial charge in [0.15, 0.2) is 6.61 Å². The number of carbonyl (C=O) groups is 1. The highest BCUT2D eigenvalue weighted by Gasteiger charge is 2.28. The number of carbonyl (C=O) groups excluding carboxylic acids is 1. The molecule has 26 heavy (non-hydrogen) atoms. The van der Waals surface area contributed by atoms with Crippen molar-refractivity contribution in [2.75, 3.05) is 18.6 Å². The number of nitrogens with zero attached hydrogens (tertiary/aromatic N) is 3. The van der Waals surface area contributed by atoms with E-state index in [4.69, 9.17) is 4.74 Å². The van der Waals surface area contributed by atoms with Crippen LogP contribution < -0.4 is 9.64 Å². The van der Waals surface area contributed by atoms with Crippen LogP contribution in [0.1, 0.15) is 0 Å². The number of hydrogen-bond donors (Lipinski definition) is 0. The van der Waals surface area contributed by atoms with Crippen LogP contribution in [-0.4, -0.2) is 24.4 Å². The molecule has 0 N–H and O–H groups in total. The number of hydrogen-bond acceptors (Lipinski definition) is 7. The van der Waals surface area contributed by atoms with Crippen LogP contribution in [0.5, 0.6) is 5.75 Å². The molecule has 1 aliphatic heterocycles. The van der Waals surface area contributed by atoms with Crippen LogP contribution in [0.4, 0.5) is 11.4 Å². The number of nitriles is 1. The minimum Gasteiger partial charge on any atom is -0.485 e. The molecule has 0 aliphatic carbocycles. The Bertz CT molecular complexity index is 965. The van der Waals surface area contributed by atoms with Gasteiger partial charge in [-0.05, 0) is 18.2 Å². The van der Waals surface area contributed by atoms with Crippen molar-refractivity contribution in [1.82, 2.24) is 0 Å². The Labute approximate surface area is 153 Å². The molecule has 0 atom stereocenters. The molecule has 0 unspecified atom stereocenters. The van der Waals surface area contributed by atoms with Crippen molar-refractivity contribution < 1.29 is 14.5 Å². The fourth-order valence-electron chi connectivity index (χ4n) is 2.46. The Morgan fingerprint density at radius 3 is 2.77 bits per heavy atom. The van der Waals surface area contributed by atoms with E-state index in [1.165, 1.54) is 36.0 Å². The molecule has 7 nitrogen and oxygen atoms in total. The molecular weight excluding hydrogens is 354 g/mol. The summed E-state index contributed by atoms with van der Waals surface area (Å²) in [6.07, 6.45) is 0. The first-order chi connectivity index (χ1) is 12.5. The molecule has 0 amide bonds. The standard InChI is InChI=1S/C18H13N3O4S/c1-20-15-7-2-3-8-17(15)26-18(20)14(10-19)16(22)11-25-13-6-4-5-12(9-13)21(23)24/h2-9H,11H2,1H3. The van der Waals surface area contributed by atoms with E-state index in [0.717, 1.165) is 10.6 Å². The summed E-state index contributed by atoms with van der Waals surface area (Å²) in [5.74, 6) is -0.285. The second-order valence-electron chi connectivity index (χ2n) is 5.39. The summed E-state index contributed by atoms with van der Waals surface area (Å²) in [5.41, 5.74) is 0.794. The highest BCUT2D eigenvalue weighted by Crippen LogP contribution is 2.46. The monoisotopic (exact) mass is 367 g/mol. The third-order valence-electron chi connectivity index (χ3n) is 3.74. The van der Waals surface area contributed by atoms with E-state index in [2.05, 4.69) is 0 Å². The predicted octanol–water partition coefficient (Wildman–Crippen LogP) is 3.52. The van der Waals surface area contributed by atoms with E-state index in [0.29, 0.717) is 5.03 Å². The number of Topliss-reactive ketones (excluding diaryl/α,β-unsaturated/α-hetero) is 1. The number of ether oxygens (including phenoxy) is 1. The van der Waals surface area contributed by atoms with Gasteiger partial charge >= 0.3 is 0 Å². The maximum absolute atomic E-state index is 12.5. The number of anilines is 1. The van der Waals surface area contributed by atoms with Crippen molar-refractivity contribution in [3.63, 3.8) is 0 Å². The molecule has 1 aliphatic rings. The number of benzene rings is 2. The van der Waals surface area contributed by atoms with E-state index in [-0.39, 0.29) is 23.6 Å². The Kier molecular flexibility index (Phi) is 4.91. The molecular formula is C18H13N3O4S. The van der Waals surface area contributed by atoms with Gasteiger partial charge in [-0.15, -0.1) is 0 Å². The third kappa shape index (κ3) is 3.38. The summed E-state index contributed by atoms with van der Waals surface area (Å²) in [6, 6.07) is 15.1. The molecule has 0 saturated heterocycles. The van der Waals surface area contributed by atoms with Crippen LogP contribution in [-0.2, 0) is 4.79 Å². The van der Waals surface area contributed by atoms with Crippen LogP contribution in [0.25, 0.3) is 0 Å². The average molecular weight is 367 g/mol. The first kappa shape index (κ1) is 17.5. The van der Waals surface area contributed by atoms with Gasteiger partial charge in [-0.2, -0.15) is 5.26 Å². The second-order valence-corrected chi connectivity index (χ2v) is 6.42. The summed E-state index contributed by atoms with van der Waals surface area (Å²) in [5, 5.41) is 20.8. The average Bonchev–Trinajstić information content (AvgIpc) is 2.98. The fourth-order valence-corrected chi connectivity index (χ4v) is 3.62. The van der Waals surface area contributed by atoms with Gasteiger partial charge in [-0.25, -0.2) is 0 Å². The minimum absolute atomic E-state index is 0.000805. The molecule has 8 heteroatoms. The van der Waals surface area contributed by atoms with Crippen LogP contribution >= 0.6 is 11.8 Å². The molecule has 2 aromatic carbocycles. The number of fused-ring (bicyclic) bond motifs is 1. The Balaban J connectivity index is 1.78. The van der Waals surface area contributed by atoms with E-state index >= 15 is 0 Å². The fraction of sp³-hybridized carbons (Fsp3) is 0.111. The zero-order chi connectivity index (χ0) is 18.7. The van der Waals surface area contributed by atoms with Gasteiger partial charge in [0.25, 0.3) is 5.69 Å². The lowest BCUT2D eigenvalue weighted by Gasteiger charge is -2.14. The van der Waals surface area contributed by atoms with Crippen molar-refractivity contribution in [2.24, 2.45) is 0 Å². The zero-order valence-corrected chi connectivity index (χ0v) is 14.5. The van der Waals surface area contributed by atoms with Gasteiger partial charge in [0.1, 0.15) is 22.4 Å². The van der Waals surface area contributed by atoms with Gasteiger partial charge in [0.2, 0.25) is 5.78 Å². The second kappa shape index (κ2) is 7.29. The molecule has 3 rings (SSSR count). The van der Waals surface area contributed by atoms with Crippen molar-refractivity contribution in [1.29, 1.82) is 5.26 Å². The summed E-state index contributed by atoms with van der Waals surface area (Å²) in [6.45, 7) is -0.377. The predicted molar refractivity (Wildman–Crippen MR) is 96.9 cm³/mol. The SMILES string of the molecule is CN1C(=C(C#N)C(=O)COc2cccc([N+](=O)[O-])c2)Sc2ccccc21. The zero-order valence-electron chi connectivity index (χ0n) is 13.7. The molecule has 1 heterocycles. The van der Waals surface area contributed by atoms with Crippen molar-refractivity contribution in [2.45, 2.75) is 4.90 Å². The lowest BCUT2D eigenvalue weighted by Crippen LogP contribution is -2.19. The number of ketones is 1. The highest BCUT2D eigenvalue weighted by atomic mass is 32.2. The summed E-state index contributed by atoms with van der Waals surface area (Å²) >= 11 is 1.35. The van der Waals surface area contributed by atoms with Crippen LogP contribution in [0, 0.1) is 21.4 Å². The largest absolute Gasteiger partial charge is 0.485 e. The molecule has 130 valence electrons. The topological polar surface area (TPSA) is 96.5 Å². The van der Waals surface area contributed by atoms with E-state index in [1.807, 2.05) is 30.3 Å². The van der Waals surface area contributed by atoms with E-state index in [1.54, 1.807) is 11.9 Å². The summed E-state index contributed by atoms with van der Waals surface area (Å²) in [7, 11) is 1.79. The lowest BCUT2D eigenvalue weighted by molar-refractivity contribution is -0.384. The number of non-ortho nitro benzene ring substituents is 1. The normalized spacial score (nSPS) is 14.4. The minimum atomic E-state index is -0.543. The first-order valence-corrected chi connectivity index (χ1v) is 8.38. The maximum atomic E-state index is 12.5. The van der Waals surface area contributed by atoms with E-state index < -0.39 is 10.7 Å². The molecule has 2 aromatic rings. The molecule has 0 aromatic heterocycles. The van der Waals surface area contributed by atoms with Crippen LogP contribution in [0.2, 0.25) is 0 Å². The third-order valence-corrected chi connectivity index (χ3v) is 4.98. The number of thioether (sulfide) groups is 1. The van der Waals surface area contributed by atoms with Gasteiger partial charge < -0.3 is 9.64 Å². The Morgan fingerprint density at radius 2 is 2.08 bits per heavy atom. The number of rotatable bonds is 5. The van der Waals surface area contributed by atoms with Crippen LogP contribution in [0.15, 0.2) is 64.0 Å². The molecule has 0 fully saturated rings. The smallest absolute Gasteiger partial charge is 0.273 e. The first-order valence-electron chi connectivity index (χ1n) is 7.56. The quantitative estimate of drug-likeness (QED) is 0.345. The van der Waals surface area contributed by atoms with Gasteiger partial charge in [-0.1, -0.05) is 30.0 Å². The molecule has 0 bridgehead atoms. The van der Waals surface area contributed by atoms with E-state index in [9.17, 15) is 20.2 Å². The molecule has 0 saturated carbocycles. The van der Waals surface area contributed by atoms with Gasteiger partial charge in [-0.3, -0.25) is 14.9 Å². The summed E-state index contributed by atoms with van der Waals surface area (Å²) in [4.78, 5) is 25.5. The van der Waals surface area contributed by atoms with Crippen molar-refractivity contribution in [3.05, 3.63) is 69.2 Å². The van der Waals surface area contributed by atoms with Crippen molar-refractivity contribution >= 4 is 28.9 Å². The maximum Gasteiger partial charge on any atom is 0.273 e. The number of para-hydroxylation sites is 1. The van der Waals surface area contributed by atoms with Crippen LogP contribution in [0.3, 0.4) is 0 Å². The van der Waals surface area contributed by atoms with Gasteiger partial charge in [0, 0.05) is 18.0 Å². The Hall–Kier alpha value is -3.31. The lowest BCUT2D eigenvalue weighted by atomic mass is 10.2. The molecule has 0 spiro atoms. The Morgan fingerprint density at radius 1 is 1.31 bits per heavy atom. The summed E-state index contributed by atoms with van der Waals surface area (Å²) < 4.78 is 5.35. The van der Waals surface area contributed by atoms with Crippen molar-refractivity contribution in [3.8, 4) is 11.8 Å².